The highest BCUT2D eigenvalue weighted by atomic mass is 32.2. The third kappa shape index (κ3) is 9.31. The summed E-state index contributed by atoms with van der Waals surface area (Å²) in [5.74, 6) is 1.45. The van der Waals surface area contributed by atoms with Gasteiger partial charge in [0.15, 0.2) is 11.6 Å². The summed E-state index contributed by atoms with van der Waals surface area (Å²) in [5.41, 5.74) is 0.310. The fourth-order valence-corrected chi connectivity index (χ4v) is 6.43. The van der Waals surface area contributed by atoms with E-state index in [9.17, 15) is 18.4 Å². The van der Waals surface area contributed by atoms with Gasteiger partial charge in [-0.15, -0.1) is 0 Å². The summed E-state index contributed by atoms with van der Waals surface area (Å²) in [6, 6.07) is 7.97. The van der Waals surface area contributed by atoms with Crippen LogP contribution < -0.4 is 15.0 Å². The minimum Gasteiger partial charge on any atom is -0.474 e. The Kier molecular flexibility index (Phi) is 11.5. The van der Waals surface area contributed by atoms with Crippen molar-refractivity contribution in [1.82, 2.24) is 24.8 Å². The number of carbonyl (C=O) groups excluding carboxylic acids is 2. The van der Waals surface area contributed by atoms with Crippen molar-refractivity contribution in [2.45, 2.75) is 83.5 Å². The van der Waals surface area contributed by atoms with Crippen LogP contribution in [0, 0.1) is 5.92 Å². The van der Waals surface area contributed by atoms with Gasteiger partial charge in [0.25, 0.3) is 6.43 Å². The summed E-state index contributed by atoms with van der Waals surface area (Å²) in [4.78, 5) is 41.3. The molecule has 1 amide bonds. The van der Waals surface area contributed by atoms with Gasteiger partial charge < -0.3 is 24.4 Å². The number of thioether (sulfide) groups is 1. The lowest BCUT2D eigenvalue weighted by atomic mass is 9.83. The van der Waals surface area contributed by atoms with E-state index in [1.165, 1.54) is 4.57 Å². The van der Waals surface area contributed by atoms with Crippen molar-refractivity contribution in [2.75, 3.05) is 43.2 Å². The maximum atomic E-state index is 14.2. The first-order valence-electron chi connectivity index (χ1n) is 16.2. The summed E-state index contributed by atoms with van der Waals surface area (Å²) in [5, 5.41) is 2.78. The molecule has 0 bridgehead atoms. The average Bonchev–Trinajstić information content (AvgIpc) is 3.44. The van der Waals surface area contributed by atoms with Crippen LogP contribution in [-0.2, 0) is 14.3 Å². The van der Waals surface area contributed by atoms with Gasteiger partial charge in [-0.3, -0.25) is 9.36 Å². The molecular formula is C33H44F2N6O5S. The second-order valence-corrected chi connectivity index (χ2v) is 14.0. The number of amides is 1. The van der Waals surface area contributed by atoms with Crippen LogP contribution in [0.2, 0.25) is 0 Å². The third-order valence-corrected chi connectivity index (χ3v) is 8.89. The highest BCUT2D eigenvalue weighted by Crippen LogP contribution is 2.33. The highest BCUT2D eigenvalue weighted by molar-refractivity contribution is 7.98. The Bertz CT molecular complexity index is 1520. The van der Waals surface area contributed by atoms with Crippen LogP contribution in [0.25, 0.3) is 16.9 Å². The van der Waals surface area contributed by atoms with E-state index in [1.807, 2.05) is 11.2 Å². The predicted octanol–water partition coefficient (Wildman–Crippen LogP) is 6.13. The number of ether oxygens (including phenoxy) is 3. The Morgan fingerprint density at radius 3 is 2.49 bits per heavy atom. The summed E-state index contributed by atoms with van der Waals surface area (Å²) < 4.78 is 47.1. The van der Waals surface area contributed by atoms with Gasteiger partial charge >= 0.3 is 6.09 Å². The molecule has 256 valence electrons. The quantitative estimate of drug-likeness (QED) is 0.240. The molecule has 2 aromatic heterocycles. The minimum atomic E-state index is -2.81. The number of anilines is 1. The van der Waals surface area contributed by atoms with Gasteiger partial charge in [0.1, 0.15) is 17.5 Å². The van der Waals surface area contributed by atoms with E-state index >= 15 is 0 Å². The zero-order chi connectivity index (χ0) is 33.6. The summed E-state index contributed by atoms with van der Waals surface area (Å²) >= 11 is 1.62. The number of rotatable bonds is 12. The second-order valence-electron chi connectivity index (χ2n) is 13.0. The van der Waals surface area contributed by atoms with E-state index in [0.717, 1.165) is 18.6 Å². The van der Waals surface area contributed by atoms with Crippen molar-refractivity contribution in [1.29, 1.82) is 0 Å². The minimum absolute atomic E-state index is 0.00673. The molecule has 1 atom stereocenters. The number of imidazole rings is 1. The van der Waals surface area contributed by atoms with Crippen molar-refractivity contribution < 1.29 is 32.6 Å². The molecule has 1 saturated heterocycles. The Morgan fingerprint density at radius 2 is 1.81 bits per heavy atom. The number of aromatic nitrogens is 4. The molecule has 1 aromatic carbocycles. The Labute approximate surface area is 278 Å². The van der Waals surface area contributed by atoms with Crippen LogP contribution in [0.5, 0.6) is 5.88 Å². The number of alkyl halides is 2. The lowest BCUT2D eigenvalue weighted by molar-refractivity contribution is -0.122. The molecule has 3 heterocycles. The van der Waals surface area contributed by atoms with Crippen LogP contribution in [0.4, 0.5) is 19.5 Å². The van der Waals surface area contributed by atoms with E-state index in [-0.39, 0.29) is 23.6 Å². The number of benzene rings is 1. The molecule has 0 spiro atoms. The maximum absolute atomic E-state index is 14.2. The van der Waals surface area contributed by atoms with Gasteiger partial charge in [0.05, 0.1) is 30.3 Å². The number of nitrogens with one attached hydrogen (secondary N) is 1. The molecule has 3 aromatic rings. The van der Waals surface area contributed by atoms with E-state index in [1.54, 1.807) is 62.9 Å². The van der Waals surface area contributed by atoms with Crippen LogP contribution in [0.3, 0.4) is 0 Å². The molecule has 5 rings (SSSR count). The van der Waals surface area contributed by atoms with Crippen LogP contribution in [-0.4, -0.2) is 87.5 Å². The maximum Gasteiger partial charge on any atom is 0.408 e. The number of morpholine rings is 1. The van der Waals surface area contributed by atoms with Crippen molar-refractivity contribution in [3.8, 4) is 11.7 Å². The lowest BCUT2D eigenvalue weighted by Crippen LogP contribution is -2.44. The first kappa shape index (κ1) is 34.8. The van der Waals surface area contributed by atoms with Gasteiger partial charge in [0.2, 0.25) is 11.8 Å². The van der Waals surface area contributed by atoms with Gasteiger partial charge in [-0.25, -0.2) is 18.6 Å². The fourth-order valence-electron chi connectivity index (χ4n) is 5.96. The van der Waals surface area contributed by atoms with Gasteiger partial charge in [-0.1, -0.05) is 12.1 Å². The average molecular weight is 675 g/mol. The van der Waals surface area contributed by atoms with Gasteiger partial charge in [0, 0.05) is 25.6 Å². The Hall–Kier alpha value is -3.52. The molecule has 11 nitrogen and oxygen atoms in total. The molecule has 1 saturated carbocycles. The van der Waals surface area contributed by atoms with E-state index < -0.39 is 30.0 Å². The number of hydrogen-bond acceptors (Lipinski definition) is 10. The number of ketones is 1. The number of fused-ring (bicyclic) bond motifs is 1. The molecule has 2 aliphatic rings. The van der Waals surface area contributed by atoms with E-state index in [4.69, 9.17) is 24.2 Å². The van der Waals surface area contributed by atoms with Crippen molar-refractivity contribution in [3.63, 3.8) is 0 Å². The highest BCUT2D eigenvalue weighted by Gasteiger charge is 2.30. The summed E-state index contributed by atoms with van der Waals surface area (Å²) in [6.45, 7) is 7.51. The van der Waals surface area contributed by atoms with Crippen LogP contribution in [0.1, 0.15) is 71.5 Å². The molecular weight excluding hydrogens is 630 g/mol. The number of nitrogens with zero attached hydrogens (tertiary/aromatic N) is 5. The number of alkyl carbamates (subject to hydrolysis) is 1. The van der Waals surface area contributed by atoms with Gasteiger partial charge in [-0.2, -0.15) is 21.7 Å². The third-order valence-electron chi connectivity index (χ3n) is 8.24. The first-order valence-corrected chi connectivity index (χ1v) is 17.6. The van der Waals surface area contributed by atoms with Crippen LogP contribution >= 0.6 is 11.8 Å². The molecule has 0 radical (unpaired) electrons. The zero-order valence-electron chi connectivity index (χ0n) is 27.4. The van der Waals surface area contributed by atoms with E-state index in [0.29, 0.717) is 74.8 Å². The normalized spacial score (nSPS) is 19.5. The number of hydrogen-bond donors (Lipinski definition) is 1. The first-order chi connectivity index (χ1) is 22.5. The van der Waals surface area contributed by atoms with Crippen molar-refractivity contribution >= 4 is 40.6 Å². The Morgan fingerprint density at radius 1 is 1.09 bits per heavy atom. The molecule has 14 heteroatoms. The smallest absolute Gasteiger partial charge is 0.408 e. The summed E-state index contributed by atoms with van der Waals surface area (Å²) in [7, 11) is 0. The molecule has 1 aliphatic heterocycles. The molecule has 2 fully saturated rings. The topological polar surface area (TPSA) is 121 Å². The fraction of sp³-hybridized carbons (Fsp3) is 0.606. The molecule has 47 heavy (non-hydrogen) atoms. The number of para-hydroxylation sites is 2. The number of Topliss-reactive ketones (excluding diaryl/α,β-unsaturated/α-hetero) is 1. The summed E-state index contributed by atoms with van der Waals surface area (Å²) in [6.07, 6.45) is 2.26. The largest absolute Gasteiger partial charge is 0.474 e. The van der Waals surface area contributed by atoms with Crippen molar-refractivity contribution in [3.05, 3.63) is 36.2 Å². The zero-order valence-corrected chi connectivity index (χ0v) is 28.2. The molecule has 0 unspecified atom stereocenters. The van der Waals surface area contributed by atoms with E-state index in [2.05, 4.69) is 10.3 Å². The van der Waals surface area contributed by atoms with Crippen LogP contribution in [0.15, 0.2) is 30.3 Å². The second kappa shape index (κ2) is 15.6. The predicted molar refractivity (Wildman–Crippen MR) is 177 cm³/mol. The number of halogens is 2. The molecule has 1 N–H and O–H groups in total. The monoisotopic (exact) mass is 674 g/mol. The lowest BCUT2D eigenvalue weighted by Gasteiger charge is -2.30. The Balaban J connectivity index is 1.29. The molecule has 1 aliphatic carbocycles. The number of carbonyl (C=O) groups is 2. The SMILES string of the molecule is CSCC[C@@H](NC(=O)OC(C)(C)C)C(=O)CC1CCC(Oc2cc(-n3c(C(F)F)nc4ccccc43)nc(N3CCOCC3)n2)CC1. The van der Waals surface area contributed by atoms with Gasteiger partial charge in [-0.05, 0) is 82.9 Å². The van der Waals surface area contributed by atoms with Crippen molar-refractivity contribution in [2.24, 2.45) is 5.92 Å². The standard InChI is InChI=1S/C33H44F2N6O5S/c1-33(2,3)46-32(43)37-24(13-18-47-4)26(42)19-21-9-11-22(12-10-21)45-28-20-27(38-31(39-28)40-14-16-44-17-15-40)41-25-8-6-5-7-23(25)36-30(41)29(34)35/h5-8,20-22,24,29H,9-19H2,1-4H3,(H,37,43)/t21?,22?,24-/m1/s1.